The smallest absolute Gasteiger partial charge is 0.170 e. The van der Waals surface area contributed by atoms with Gasteiger partial charge in [-0.3, -0.25) is 4.99 Å². The number of ether oxygens (including phenoxy) is 2. The van der Waals surface area contributed by atoms with E-state index in [1.807, 2.05) is 25.4 Å². The molecule has 3 N–H and O–H groups in total. The summed E-state index contributed by atoms with van der Waals surface area (Å²) in [4.78, 5) is 11.3. The summed E-state index contributed by atoms with van der Waals surface area (Å²) in [5.41, 5.74) is 5.11. The molecular formula is C20H22N4O2S2. The Kier molecular flexibility index (Phi) is 5.54. The first kappa shape index (κ1) is 19.2. The SMILES string of the molecule is CNc1c(-c2ccc[nH]c2=S)ccc2cc(C3=NCC(C(OC)OC)S3)[nH]c12. The number of aliphatic imine (C=N–C) groups is 1. The molecule has 2 aromatic heterocycles. The highest BCUT2D eigenvalue weighted by Crippen LogP contribution is 2.36. The fraction of sp³-hybridized carbons (Fsp3) is 0.300. The number of thioether (sulfide) groups is 1. The van der Waals surface area contributed by atoms with Crippen LogP contribution in [0.4, 0.5) is 5.69 Å². The Hall–Kier alpha value is -2.13. The molecule has 0 amide bonds. The molecule has 3 heterocycles. The predicted octanol–water partition coefficient (Wildman–Crippen LogP) is 4.42. The number of aromatic amines is 2. The molecule has 1 aromatic carbocycles. The molecule has 8 heteroatoms. The number of rotatable bonds is 6. The second kappa shape index (κ2) is 8.08. The highest BCUT2D eigenvalue weighted by Gasteiger charge is 2.29. The van der Waals surface area contributed by atoms with E-state index in [4.69, 9.17) is 26.7 Å². The summed E-state index contributed by atoms with van der Waals surface area (Å²) in [5.74, 6) is 0. The fourth-order valence-corrected chi connectivity index (χ4v) is 4.92. The number of hydrogen-bond acceptors (Lipinski definition) is 6. The van der Waals surface area contributed by atoms with Crippen LogP contribution in [0.2, 0.25) is 0 Å². The van der Waals surface area contributed by atoms with Gasteiger partial charge in [0.1, 0.15) is 9.68 Å². The van der Waals surface area contributed by atoms with E-state index in [0.717, 1.165) is 38.5 Å². The molecule has 0 fully saturated rings. The Morgan fingerprint density at radius 1 is 1.25 bits per heavy atom. The minimum atomic E-state index is -0.269. The number of H-pyrrole nitrogens is 2. The highest BCUT2D eigenvalue weighted by molar-refractivity contribution is 8.15. The van der Waals surface area contributed by atoms with Crippen LogP contribution in [0.15, 0.2) is 41.5 Å². The van der Waals surface area contributed by atoms with Crippen molar-refractivity contribution in [2.24, 2.45) is 4.99 Å². The van der Waals surface area contributed by atoms with Gasteiger partial charge in [0.15, 0.2) is 6.29 Å². The molecule has 0 radical (unpaired) electrons. The summed E-state index contributed by atoms with van der Waals surface area (Å²) >= 11 is 7.16. The second-order valence-electron chi connectivity index (χ2n) is 6.44. The van der Waals surface area contributed by atoms with Crippen molar-refractivity contribution < 1.29 is 9.47 Å². The van der Waals surface area contributed by atoms with Gasteiger partial charge in [-0.05, 0) is 18.2 Å². The minimum Gasteiger partial charge on any atom is -0.386 e. The molecule has 3 aromatic rings. The van der Waals surface area contributed by atoms with Gasteiger partial charge in [-0.15, -0.1) is 0 Å². The Balaban J connectivity index is 1.73. The largest absolute Gasteiger partial charge is 0.386 e. The number of hydrogen-bond donors (Lipinski definition) is 3. The Morgan fingerprint density at radius 3 is 2.79 bits per heavy atom. The molecule has 1 unspecified atom stereocenters. The number of pyridine rings is 1. The van der Waals surface area contributed by atoms with E-state index in [0.29, 0.717) is 11.2 Å². The van der Waals surface area contributed by atoms with Crippen LogP contribution in [0.3, 0.4) is 0 Å². The van der Waals surface area contributed by atoms with Gasteiger partial charge in [-0.25, -0.2) is 0 Å². The van der Waals surface area contributed by atoms with E-state index in [9.17, 15) is 0 Å². The first-order valence-corrected chi connectivity index (χ1v) is 10.2. The van der Waals surface area contributed by atoms with Crippen molar-refractivity contribution >= 4 is 45.6 Å². The minimum absolute atomic E-state index is 0.151. The summed E-state index contributed by atoms with van der Waals surface area (Å²) in [7, 11) is 5.24. The van der Waals surface area contributed by atoms with E-state index >= 15 is 0 Å². The maximum atomic E-state index is 5.48. The maximum absolute atomic E-state index is 5.48. The molecule has 0 aliphatic carbocycles. The lowest BCUT2D eigenvalue weighted by atomic mass is 10.0. The molecule has 1 atom stereocenters. The maximum Gasteiger partial charge on any atom is 0.170 e. The van der Waals surface area contributed by atoms with Crippen molar-refractivity contribution in [2.75, 3.05) is 33.1 Å². The topological polar surface area (TPSA) is 74.4 Å². The van der Waals surface area contributed by atoms with Gasteiger partial charge in [0, 0.05) is 44.0 Å². The van der Waals surface area contributed by atoms with Crippen LogP contribution in [0, 0.1) is 4.64 Å². The third-order valence-electron chi connectivity index (χ3n) is 4.83. The standard InChI is InChI=1S/C20H22N4O2S2/c1-21-17-12(13-5-4-8-22-18(13)27)7-6-11-9-14(24-16(11)17)19-23-10-15(28-19)20(25-2)26-3/h4-9,15,20-21,24H,10H2,1-3H3,(H,22,27). The Bertz CT molecular complexity index is 1090. The lowest BCUT2D eigenvalue weighted by Crippen LogP contribution is -2.28. The molecular weight excluding hydrogens is 392 g/mol. The van der Waals surface area contributed by atoms with Crippen molar-refractivity contribution in [3.63, 3.8) is 0 Å². The molecule has 28 heavy (non-hydrogen) atoms. The molecule has 0 saturated carbocycles. The van der Waals surface area contributed by atoms with Crippen molar-refractivity contribution in [2.45, 2.75) is 11.5 Å². The van der Waals surface area contributed by atoms with E-state index in [1.54, 1.807) is 26.0 Å². The molecule has 0 bridgehead atoms. The predicted molar refractivity (Wildman–Crippen MR) is 119 cm³/mol. The van der Waals surface area contributed by atoms with E-state index in [-0.39, 0.29) is 11.5 Å². The van der Waals surface area contributed by atoms with Crippen molar-refractivity contribution in [1.29, 1.82) is 0 Å². The summed E-state index contributed by atoms with van der Waals surface area (Å²) in [6, 6.07) is 10.3. The van der Waals surface area contributed by atoms with Crippen LogP contribution < -0.4 is 5.32 Å². The molecule has 0 spiro atoms. The normalized spacial score (nSPS) is 16.7. The third-order valence-corrected chi connectivity index (χ3v) is 6.42. The lowest BCUT2D eigenvalue weighted by molar-refractivity contribution is -0.0994. The zero-order valence-corrected chi connectivity index (χ0v) is 17.5. The number of methoxy groups -OCH3 is 2. The number of aromatic nitrogens is 2. The highest BCUT2D eigenvalue weighted by atomic mass is 32.2. The molecule has 0 saturated heterocycles. The molecule has 1 aliphatic rings. The fourth-order valence-electron chi connectivity index (χ4n) is 3.51. The lowest BCUT2D eigenvalue weighted by Gasteiger charge is -2.18. The van der Waals surface area contributed by atoms with Gasteiger partial charge < -0.3 is 24.8 Å². The van der Waals surface area contributed by atoms with Crippen LogP contribution in [0.5, 0.6) is 0 Å². The summed E-state index contributed by atoms with van der Waals surface area (Å²) in [5, 5.41) is 5.58. The van der Waals surface area contributed by atoms with Gasteiger partial charge in [0.25, 0.3) is 0 Å². The third kappa shape index (κ3) is 3.37. The first-order valence-electron chi connectivity index (χ1n) is 8.95. The number of fused-ring (bicyclic) bond motifs is 1. The summed E-state index contributed by atoms with van der Waals surface area (Å²) in [6.07, 6.45) is 1.57. The van der Waals surface area contributed by atoms with Crippen molar-refractivity contribution in [1.82, 2.24) is 9.97 Å². The van der Waals surface area contributed by atoms with Gasteiger partial charge in [-0.1, -0.05) is 36.1 Å². The average molecular weight is 415 g/mol. The Labute approximate surface area is 172 Å². The summed E-state index contributed by atoms with van der Waals surface area (Å²) < 4.78 is 11.5. The molecule has 4 rings (SSSR count). The first-order chi connectivity index (χ1) is 13.7. The molecule has 6 nitrogen and oxygen atoms in total. The van der Waals surface area contributed by atoms with E-state index in [2.05, 4.69) is 33.5 Å². The van der Waals surface area contributed by atoms with Gasteiger partial charge in [0.2, 0.25) is 0 Å². The van der Waals surface area contributed by atoms with E-state index in [1.165, 1.54) is 0 Å². The van der Waals surface area contributed by atoms with Crippen molar-refractivity contribution in [3.05, 3.63) is 46.9 Å². The van der Waals surface area contributed by atoms with Crippen LogP contribution >= 0.6 is 24.0 Å². The molecule has 1 aliphatic heterocycles. The second-order valence-corrected chi connectivity index (χ2v) is 8.08. The number of anilines is 1. The average Bonchev–Trinajstić information content (AvgIpc) is 3.36. The van der Waals surface area contributed by atoms with E-state index < -0.39 is 0 Å². The quantitative estimate of drug-likeness (QED) is 0.411. The van der Waals surface area contributed by atoms with Crippen LogP contribution in [0.1, 0.15) is 5.69 Å². The zero-order valence-electron chi connectivity index (χ0n) is 15.9. The van der Waals surface area contributed by atoms with Gasteiger partial charge in [-0.2, -0.15) is 0 Å². The number of nitrogens with zero attached hydrogens (tertiary/aromatic N) is 1. The monoisotopic (exact) mass is 414 g/mol. The van der Waals surface area contributed by atoms with Gasteiger partial charge >= 0.3 is 0 Å². The number of nitrogens with one attached hydrogen (secondary N) is 3. The molecule has 146 valence electrons. The van der Waals surface area contributed by atoms with Gasteiger partial charge in [0.05, 0.1) is 28.7 Å². The summed E-state index contributed by atoms with van der Waals surface area (Å²) in [6.45, 7) is 0.672. The van der Waals surface area contributed by atoms with Crippen LogP contribution in [-0.2, 0) is 9.47 Å². The van der Waals surface area contributed by atoms with Crippen molar-refractivity contribution in [3.8, 4) is 11.1 Å². The van der Waals surface area contributed by atoms with Crippen LogP contribution in [0.25, 0.3) is 22.0 Å². The Morgan fingerprint density at radius 2 is 2.07 bits per heavy atom. The number of benzene rings is 1. The zero-order chi connectivity index (χ0) is 19.7. The van der Waals surface area contributed by atoms with Crippen LogP contribution in [-0.4, -0.2) is 54.4 Å².